The third-order valence-electron chi connectivity index (χ3n) is 5.73. The molecule has 4 rings (SSSR count). The van der Waals surface area contributed by atoms with Crippen LogP contribution in [0.3, 0.4) is 0 Å². The van der Waals surface area contributed by atoms with Crippen LogP contribution in [-0.4, -0.2) is 45.4 Å². The maximum atomic E-state index is 6.26. The molecule has 2 atom stereocenters. The highest BCUT2D eigenvalue weighted by Gasteiger charge is 2.16. The molecule has 0 spiro atoms. The van der Waals surface area contributed by atoms with E-state index in [4.69, 9.17) is 14.2 Å². The topological polar surface area (TPSA) is 85.0 Å². The van der Waals surface area contributed by atoms with Gasteiger partial charge >= 0.3 is 0 Å². The van der Waals surface area contributed by atoms with E-state index < -0.39 is 0 Å². The van der Waals surface area contributed by atoms with Crippen molar-refractivity contribution in [2.75, 3.05) is 13.2 Å². The number of nitrogens with zero attached hydrogens (tertiary/aromatic N) is 2. The van der Waals surface area contributed by atoms with Gasteiger partial charge in [-0.15, -0.1) is 0 Å². The summed E-state index contributed by atoms with van der Waals surface area (Å²) in [5.74, 6) is 1.72. The normalized spacial score (nSPS) is 12.8. The van der Waals surface area contributed by atoms with Gasteiger partial charge in [0.15, 0.2) is 0 Å². The van der Waals surface area contributed by atoms with Crippen molar-refractivity contribution in [3.05, 3.63) is 97.1 Å². The van der Waals surface area contributed by atoms with Crippen molar-refractivity contribution in [1.29, 1.82) is 0 Å². The highest BCUT2D eigenvalue weighted by atomic mass is 16.6. The molecule has 0 radical (unpaired) electrons. The quantitative estimate of drug-likeness (QED) is 0.227. The number of nitrogens with one attached hydrogen (secondary N) is 2. The van der Waals surface area contributed by atoms with Crippen molar-refractivity contribution >= 4 is 0 Å². The molecule has 7 nitrogen and oxygen atoms in total. The molecule has 0 aliphatic carbocycles. The van der Waals surface area contributed by atoms with Gasteiger partial charge in [-0.2, -0.15) is 0 Å². The number of benzene rings is 2. The van der Waals surface area contributed by atoms with E-state index in [1.807, 2.05) is 73.1 Å². The first kappa shape index (κ1) is 24.5. The zero-order chi connectivity index (χ0) is 24.0. The number of hydrogen-bond donors (Lipinski definition) is 2. The Balaban J connectivity index is 1.29. The summed E-state index contributed by atoms with van der Waals surface area (Å²) in [4.78, 5) is 14.7. The van der Waals surface area contributed by atoms with Crippen LogP contribution in [0.15, 0.2) is 85.7 Å². The minimum absolute atomic E-state index is 0.0437. The first-order valence-electron chi connectivity index (χ1n) is 12.3. The molecule has 2 aromatic heterocycles. The van der Waals surface area contributed by atoms with Crippen LogP contribution in [0.2, 0.25) is 0 Å². The Bertz CT molecular complexity index is 955. The Labute approximate surface area is 206 Å². The minimum atomic E-state index is -0.0437. The summed E-state index contributed by atoms with van der Waals surface area (Å²) in [7, 11) is 0. The van der Waals surface area contributed by atoms with E-state index in [1.165, 1.54) is 0 Å². The van der Waals surface area contributed by atoms with Gasteiger partial charge < -0.3 is 24.2 Å². The number of hydrogen-bond acceptors (Lipinski definition) is 5. The molecular formula is C28H34N4O3. The highest BCUT2D eigenvalue weighted by Crippen LogP contribution is 2.17. The molecule has 0 aliphatic heterocycles. The van der Waals surface area contributed by atoms with E-state index in [-0.39, 0.29) is 12.2 Å². The molecule has 184 valence electrons. The number of para-hydroxylation sites is 2. The fourth-order valence-electron chi connectivity index (χ4n) is 3.94. The predicted molar refractivity (Wildman–Crippen MR) is 136 cm³/mol. The van der Waals surface area contributed by atoms with Crippen molar-refractivity contribution in [3.63, 3.8) is 0 Å². The Hall–Kier alpha value is -3.58. The molecule has 0 fully saturated rings. The maximum Gasteiger partial charge on any atom is 0.122 e. The van der Waals surface area contributed by atoms with Crippen LogP contribution in [0.25, 0.3) is 0 Å². The molecule has 0 amide bonds. The van der Waals surface area contributed by atoms with E-state index in [2.05, 4.69) is 19.9 Å². The van der Waals surface area contributed by atoms with Crippen LogP contribution in [0, 0.1) is 0 Å². The first-order chi connectivity index (χ1) is 17.3. The molecule has 0 bridgehead atoms. The molecule has 2 unspecified atom stereocenters. The first-order valence-corrected chi connectivity index (χ1v) is 12.3. The second-order valence-electron chi connectivity index (χ2n) is 8.55. The molecule has 7 heteroatoms. The summed E-state index contributed by atoms with van der Waals surface area (Å²) in [6.07, 6.45) is 12.8. The SMILES string of the molecule is c1ccc(OC(CCCc2c[nH]cn2)COCC(CCCc2c[nH]cn2)Oc2ccccc2)cc1. The Morgan fingerprint density at radius 3 is 1.49 bits per heavy atom. The molecule has 2 N–H and O–H groups in total. The van der Waals surface area contributed by atoms with Crippen LogP contribution in [0.1, 0.15) is 37.1 Å². The van der Waals surface area contributed by atoms with E-state index >= 15 is 0 Å². The maximum absolute atomic E-state index is 6.26. The molecule has 0 saturated carbocycles. The van der Waals surface area contributed by atoms with Crippen molar-refractivity contribution in [2.24, 2.45) is 0 Å². The van der Waals surface area contributed by atoms with Crippen LogP contribution in [0.4, 0.5) is 0 Å². The summed E-state index contributed by atoms with van der Waals surface area (Å²) in [5.41, 5.74) is 2.13. The molecule has 2 aromatic carbocycles. The lowest BCUT2D eigenvalue weighted by atomic mass is 10.1. The second-order valence-corrected chi connectivity index (χ2v) is 8.55. The average molecular weight is 475 g/mol. The Kier molecular flexibility index (Phi) is 9.79. The number of aryl methyl sites for hydroxylation is 2. The van der Waals surface area contributed by atoms with Gasteiger partial charge in [0.2, 0.25) is 0 Å². The van der Waals surface area contributed by atoms with Crippen molar-refractivity contribution in [2.45, 2.75) is 50.7 Å². The third kappa shape index (κ3) is 8.94. The van der Waals surface area contributed by atoms with Gasteiger partial charge in [-0.3, -0.25) is 0 Å². The van der Waals surface area contributed by atoms with E-state index in [9.17, 15) is 0 Å². The summed E-state index contributed by atoms with van der Waals surface area (Å²) in [6.45, 7) is 1.01. The van der Waals surface area contributed by atoms with Crippen LogP contribution in [-0.2, 0) is 17.6 Å². The second kappa shape index (κ2) is 14.0. The van der Waals surface area contributed by atoms with Crippen LogP contribution < -0.4 is 9.47 Å². The van der Waals surface area contributed by atoms with Gasteiger partial charge in [-0.1, -0.05) is 36.4 Å². The Morgan fingerprint density at radius 2 is 1.09 bits per heavy atom. The van der Waals surface area contributed by atoms with E-state index in [0.717, 1.165) is 61.4 Å². The lowest BCUT2D eigenvalue weighted by Crippen LogP contribution is -2.29. The van der Waals surface area contributed by atoms with Crippen molar-refractivity contribution < 1.29 is 14.2 Å². The smallest absolute Gasteiger partial charge is 0.122 e. The monoisotopic (exact) mass is 474 g/mol. The molecule has 0 aliphatic rings. The molecule has 0 saturated heterocycles. The lowest BCUT2D eigenvalue weighted by molar-refractivity contribution is 0.00279. The zero-order valence-electron chi connectivity index (χ0n) is 20.0. The number of imidazole rings is 2. The lowest BCUT2D eigenvalue weighted by Gasteiger charge is -2.23. The predicted octanol–water partition coefficient (Wildman–Crippen LogP) is 5.39. The van der Waals surface area contributed by atoms with Gasteiger partial charge in [0.25, 0.3) is 0 Å². The third-order valence-corrected chi connectivity index (χ3v) is 5.73. The summed E-state index contributed by atoms with van der Waals surface area (Å²) in [6, 6.07) is 19.9. The number of aromatic amines is 2. The number of aromatic nitrogens is 4. The molecule has 2 heterocycles. The van der Waals surface area contributed by atoms with Gasteiger partial charge in [0.1, 0.15) is 23.7 Å². The van der Waals surface area contributed by atoms with Gasteiger partial charge in [0, 0.05) is 12.4 Å². The summed E-state index contributed by atoms with van der Waals surface area (Å²) in [5, 5.41) is 0. The minimum Gasteiger partial charge on any atom is -0.488 e. The van der Waals surface area contributed by atoms with Gasteiger partial charge in [0.05, 0.1) is 37.3 Å². The molecular weight excluding hydrogens is 440 g/mol. The zero-order valence-corrected chi connectivity index (χ0v) is 20.0. The number of ether oxygens (including phenoxy) is 3. The summed E-state index contributed by atoms with van der Waals surface area (Å²) < 4.78 is 18.7. The summed E-state index contributed by atoms with van der Waals surface area (Å²) >= 11 is 0. The van der Waals surface area contributed by atoms with Gasteiger partial charge in [-0.25, -0.2) is 9.97 Å². The molecule has 4 aromatic rings. The largest absolute Gasteiger partial charge is 0.488 e. The Morgan fingerprint density at radius 1 is 0.629 bits per heavy atom. The fourth-order valence-corrected chi connectivity index (χ4v) is 3.94. The average Bonchev–Trinajstić information content (AvgIpc) is 3.60. The standard InChI is InChI=1S/C28H34N4O3/c1-3-11-25(12-4-1)34-27(15-7-9-23-17-29-21-31-23)19-33-20-28(35-26-13-5-2-6-14-26)16-8-10-24-18-30-22-32-24/h1-6,11-14,17-18,21-22,27-28H,7-10,15-16,19-20H2,(H,29,31)(H,30,32). The molecule has 35 heavy (non-hydrogen) atoms. The van der Waals surface area contributed by atoms with Gasteiger partial charge in [-0.05, 0) is 62.8 Å². The van der Waals surface area contributed by atoms with Crippen LogP contribution >= 0.6 is 0 Å². The van der Waals surface area contributed by atoms with Crippen molar-refractivity contribution in [3.8, 4) is 11.5 Å². The number of rotatable bonds is 16. The van der Waals surface area contributed by atoms with Crippen LogP contribution in [0.5, 0.6) is 11.5 Å². The van der Waals surface area contributed by atoms with E-state index in [0.29, 0.717) is 13.2 Å². The van der Waals surface area contributed by atoms with Crippen molar-refractivity contribution in [1.82, 2.24) is 19.9 Å². The highest BCUT2D eigenvalue weighted by molar-refractivity contribution is 5.22. The van der Waals surface area contributed by atoms with E-state index in [1.54, 1.807) is 12.7 Å². The fraction of sp³-hybridized carbons (Fsp3) is 0.357. The number of H-pyrrole nitrogens is 2.